The minimum Gasteiger partial charge on any atom is -0.344 e. The summed E-state index contributed by atoms with van der Waals surface area (Å²) in [7, 11) is 0. The van der Waals surface area contributed by atoms with Crippen LogP contribution in [-0.2, 0) is 6.54 Å². The lowest BCUT2D eigenvalue weighted by Crippen LogP contribution is -2.22. The second-order valence-corrected chi connectivity index (χ2v) is 5.91. The molecule has 0 bridgehead atoms. The van der Waals surface area contributed by atoms with Crippen molar-refractivity contribution >= 4 is 33.0 Å². The van der Waals surface area contributed by atoms with E-state index in [4.69, 9.17) is 0 Å². The monoisotopic (exact) mass is 308 g/mol. The summed E-state index contributed by atoms with van der Waals surface area (Å²) in [5.74, 6) is -0.168. The first kappa shape index (κ1) is 13.0. The maximum atomic E-state index is 12.2. The van der Waals surface area contributed by atoms with Crippen LogP contribution in [0.3, 0.4) is 0 Å². The van der Waals surface area contributed by atoms with Crippen molar-refractivity contribution in [1.82, 2.24) is 19.9 Å². The first-order valence-corrected chi connectivity index (χ1v) is 7.68. The molecule has 0 saturated heterocycles. The van der Waals surface area contributed by atoms with Gasteiger partial charge >= 0.3 is 0 Å². The molecule has 3 heterocycles. The van der Waals surface area contributed by atoms with Gasteiger partial charge in [0, 0.05) is 6.20 Å². The molecule has 1 amide bonds. The van der Waals surface area contributed by atoms with Crippen LogP contribution in [0.5, 0.6) is 0 Å². The molecule has 108 valence electrons. The Morgan fingerprint density at radius 2 is 2.05 bits per heavy atom. The van der Waals surface area contributed by atoms with E-state index in [1.54, 1.807) is 4.52 Å². The fourth-order valence-corrected chi connectivity index (χ4v) is 3.18. The maximum absolute atomic E-state index is 12.2. The molecule has 5 nitrogen and oxygen atoms in total. The van der Waals surface area contributed by atoms with Crippen molar-refractivity contribution in [2.45, 2.75) is 6.54 Å². The molecule has 0 saturated carbocycles. The van der Waals surface area contributed by atoms with Crippen molar-refractivity contribution in [3.63, 3.8) is 0 Å². The van der Waals surface area contributed by atoms with Crippen LogP contribution >= 0.6 is 11.3 Å². The smallest absolute Gasteiger partial charge is 0.280 e. The van der Waals surface area contributed by atoms with Crippen LogP contribution < -0.4 is 5.32 Å². The SMILES string of the molecule is O=C(NCc1cc2ccccn2n1)c1nc2ccccc2s1. The molecule has 0 unspecified atom stereocenters. The van der Waals surface area contributed by atoms with E-state index in [-0.39, 0.29) is 5.91 Å². The number of carbonyl (C=O) groups is 1. The molecule has 1 aromatic carbocycles. The Bertz CT molecular complexity index is 906. The molecule has 0 aliphatic heterocycles. The highest BCUT2D eigenvalue weighted by Gasteiger charge is 2.12. The number of aromatic nitrogens is 3. The number of pyridine rings is 1. The summed E-state index contributed by atoms with van der Waals surface area (Å²) in [6, 6.07) is 15.5. The van der Waals surface area contributed by atoms with Gasteiger partial charge in [-0.3, -0.25) is 4.79 Å². The van der Waals surface area contributed by atoms with Crippen LogP contribution in [0, 0.1) is 0 Å². The molecule has 22 heavy (non-hydrogen) atoms. The number of carbonyl (C=O) groups excluding carboxylic acids is 1. The van der Waals surface area contributed by atoms with Crippen molar-refractivity contribution < 1.29 is 4.79 Å². The largest absolute Gasteiger partial charge is 0.344 e. The third kappa shape index (κ3) is 2.33. The Balaban J connectivity index is 1.51. The van der Waals surface area contributed by atoms with Crippen molar-refractivity contribution in [1.29, 1.82) is 0 Å². The van der Waals surface area contributed by atoms with Crippen LogP contribution in [0.25, 0.3) is 15.7 Å². The van der Waals surface area contributed by atoms with Crippen molar-refractivity contribution in [2.24, 2.45) is 0 Å². The van der Waals surface area contributed by atoms with Gasteiger partial charge in [-0.15, -0.1) is 11.3 Å². The zero-order valence-corrected chi connectivity index (χ0v) is 12.4. The van der Waals surface area contributed by atoms with Gasteiger partial charge in [0.25, 0.3) is 5.91 Å². The molecule has 0 spiro atoms. The van der Waals surface area contributed by atoms with E-state index in [1.807, 2.05) is 54.7 Å². The van der Waals surface area contributed by atoms with Gasteiger partial charge in [0.1, 0.15) is 0 Å². The molecule has 6 heteroatoms. The standard InChI is InChI=1S/C16H12N4OS/c21-15(16-18-13-6-1-2-7-14(13)22-16)17-10-11-9-12-5-3-4-8-20(12)19-11/h1-9H,10H2,(H,17,21). The predicted octanol–water partition coefficient (Wildman–Crippen LogP) is 2.87. The molecule has 1 N–H and O–H groups in total. The quantitative estimate of drug-likeness (QED) is 0.633. The fraction of sp³-hybridized carbons (Fsp3) is 0.0625. The first-order chi connectivity index (χ1) is 10.8. The van der Waals surface area contributed by atoms with Crippen LogP contribution in [0.15, 0.2) is 54.7 Å². The lowest BCUT2D eigenvalue weighted by atomic mass is 10.3. The number of hydrogen-bond donors (Lipinski definition) is 1. The Morgan fingerprint density at radius 1 is 1.18 bits per heavy atom. The molecule has 0 fully saturated rings. The van der Waals surface area contributed by atoms with Crippen molar-refractivity contribution in [2.75, 3.05) is 0 Å². The lowest BCUT2D eigenvalue weighted by molar-refractivity contribution is 0.0950. The summed E-state index contributed by atoms with van der Waals surface area (Å²) in [6.45, 7) is 0.385. The van der Waals surface area contributed by atoms with E-state index < -0.39 is 0 Å². The Labute approximate surface area is 130 Å². The molecule has 4 aromatic rings. The number of amides is 1. The number of para-hydroxylation sites is 1. The maximum Gasteiger partial charge on any atom is 0.280 e. The minimum atomic E-state index is -0.168. The summed E-state index contributed by atoms with van der Waals surface area (Å²) < 4.78 is 2.81. The number of fused-ring (bicyclic) bond motifs is 2. The van der Waals surface area contributed by atoms with Crippen molar-refractivity contribution in [3.05, 3.63) is 65.4 Å². The molecule has 0 atom stereocenters. The lowest BCUT2D eigenvalue weighted by Gasteiger charge is -1.98. The van der Waals surface area contributed by atoms with E-state index in [2.05, 4.69) is 15.4 Å². The number of nitrogens with one attached hydrogen (secondary N) is 1. The highest BCUT2D eigenvalue weighted by Crippen LogP contribution is 2.21. The highest BCUT2D eigenvalue weighted by atomic mass is 32.1. The molecular formula is C16H12N4OS. The fourth-order valence-electron chi connectivity index (χ4n) is 2.29. The van der Waals surface area contributed by atoms with E-state index in [0.717, 1.165) is 21.4 Å². The first-order valence-electron chi connectivity index (χ1n) is 6.87. The van der Waals surface area contributed by atoms with Gasteiger partial charge in [-0.2, -0.15) is 5.10 Å². The normalized spacial score (nSPS) is 11.1. The topological polar surface area (TPSA) is 59.3 Å². The van der Waals surface area contributed by atoms with E-state index in [9.17, 15) is 4.79 Å². The predicted molar refractivity (Wildman–Crippen MR) is 86.0 cm³/mol. The van der Waals surface area contributed by atoms with Crippen LogP contribution in [0.4, 0.5) is 0 Å². The second kappa shape index (κ2) is 5.23. The third-order valence-corrected chi connectivity index (χ3v) is 4.37. The second-order valence-electron chi connectivity index (χ2n) is 4.88. The molecule has 0 aliphatic rings. The number of thiazole rings is 1. The summed E-state index contributed by atoms with van der Waals surface area (Å²) in [4.78, 5) is 16.6. The van der Waals surface area contributed by atoms with E-state index >= 15 is 0 Å². The van der Waals surface area contributed by atoms with Gasteiger partial charge in [-0.25, -0.2) is 9.50 Å². The van der Waals surface area contributed by atoms with Crippen LogP contribution in [-0.4, -0.2) is 20.5 Å². The third-order valence-electron chi connectivity index (χ3n) is 3.34. The molecular weight excluding hydrogens is 296 g/mol. The Morgan fingerprint density at radius 3 is 2.91 bits per heavy atom. The zero-order chi connectivity index (χ0) is 14.9. The summed E-state index contributed by atoms with van der Waals surface area (Å²) in [5, 5.41) is 7.75. The minimum absolute atomic E-state index is 0.168. The Hall–Kier alpha value is -2.73. The molecule has 0 radical (unpaired) electrons. The molecule has 3 aromatic heterocycles. The van der Waals surface area contributed by atoms with E-state index in [1.165, 1.54) is 11.3 Å². The van der Waals surface area contributed by atoms with Crippen LogP contribution in [0.2, 0.25) is 0 Å². The number of benzene rings is 1. The summed E-state index contributed by atoms with van der Waals surface area (Å²) in [5.41, 5.74) is 2.68. The van der Waals surface area contributed by atoms with Gasteiger partial charge in [-0.1, -0.05) is 18.2 Å². The molecule has 0 aliphatic carbocycles. The van der Waals surface area contributed by atoms with Crippen LogP contribution in [0.1, 0.15) is 15.5 Å². The average molecular weight is 308 g/mol. The van der Waals surface area contributed by atoms with Gasteiger partial charge in [0.05, 0.1) is 28.0 Å². The number of hydrogen-bond acceptors (Lipinski definition) is 4. The van der Waals surface area contributed by atoms with Gasteiger partial charge in [0.15, 0.2) is 5.01 Å². The number of rotatable bonds is 3. The molecule has 4 rings (SSSR count). The van der Waals surface area contributed by atoms with E-state index in [0.29, 0.717) is 11.6 Å². The average Bonchev–Trinajstić information content (AvgIpc) is 3.15. The highest BCUT2D eigenvalue weighted by molar-refractivity contribution is 7.20. The zero-order valence-electron chi connectivity index (χ0n) is 11.6. The number of nitrogens with zero attached hydrogens (tertiary/aromatic N) is 3. The van der Waals surface area contributed by atoms with Gasteiger partial charge in [0.2, 0.25) is 0 Å². The summed E-state index contributed by atoms with van der Waals surface area (Å²) >= 11 is 1.40. The van der Waals surface area contributed by atoms with Gasteiger partial charge in [-0.05, 0) is 30.3 Å². The summed E-state index contributed by atoms with van der Waals surface area (Å²) in [6.07, 6.45) is 1.88. The Kier molecular flexibility index (Phi) is 3.08. The van der Waals surface area contributed by atoms with Gasteiger partial charge < -0.3 is 5.32 Å². The van der Waals surface area contributed by atoms with Crippen molar-refractivity contribution in [3.8, 4) is 0 Å².